The first-order chi connectivity index (χ1) is 10.7. The smallest absolute Gasteiger partial charge is 0.313 e. The highest BCUT2D eigenvalue weighted by Crippen LogP contribution is 2.20. The number of ether oxygens (including phenoxy) is 1. The van der Waals surface area contributed by atoms with Crippen LogP contribution in [-0.4, -0.2) is 48.1 Å². The number of likely N-dealkylation sites (tertiary alicyclic amines) is 1. The molecule has 0 radical (unpaired) electrons. The molecule has 6 heteroatoms. The van der Waals surface area contributed by atoms with E-state index >= 15 is 0 Å². The topological polar surface area (TPSA) is 78.9 Å². The van der Waals surface area contributed by atoms with Crippen LogP contribution in [0.5, 0.6) is 5.75 Å². The van der Waals surface area contributed by atoms with Gasteiger partial charge in [0, 0.05) is 24.9 Å². The summed E-state index contributed by atoms with van der Waals surface area (Å²) in [5.74, 6) is -0.493. The van der Waals surface area contributed by atoms with Gasteiger partial charge in [0.15, 0.2) is 0 Å². The fraction of sp³-hybridized carbons (Fsp3) is 0.500. The van der Waals surface area contributed by atoms with Crippen LogP contribution >= 0.6 is 0 Å². The summed E-state index contributed by atoms with van der Waals surface area (Å²) in [6, 6.07) is 6.76. The Morgan fingerprint density at radius 1 is 1.32 bits per heavy atom. The number of carbonyl (C=O) groups is 2. The Morgan fingerprint density at radius 3 is 2.68 bits per heavy atom. The molecule has 0 spiro atoms. The van der Waals surface area contributed by atoms with Gasteiger partial charge in [-0.1, -0.05) is 0 Å². The van der Waals surface area contributed by atoms with Gasteiger partial charge in [0.05, 0.1) is 7.11 Å². The van der Waals surface area contributed by atoms with Crippen molar-refractivity contribution in [1.29, 1.82) is 0 Å². The van der Waals surface area contributed by atoms with Gasteiger partial charge in [0.1, 0.15) is 5.75 Å². The zero-order valence-corrected chi connectivity index (χ0v) is 12.7. The zero-order chi connectivity index (χ0) is 15.9. The van der Waals surface area contributed by atoms with E-state index in [0.717, 1.165) is 19.3 Å². The number of amides is 2. The van der Waals surface area contributed by atoms with Gasteiger partial charge in [-0.05, 0) is 49.9 Å². The number of carbonyl (C=O) groups excluding carboxylic acids is 2. The molecule has 0 aliphatic carbocycles. The molecule has 2 N–H and O–H groups in total. The standard InChI is InChI=1S/C16H22N2O4/c1-22-14-7-5-12(6-8-14)17-15(20)16(21)18-10-3-2-4-13(18)9-11-19/h5-8,13,19H,2-4,9-11H2,1H3,(H,17,20). The molecule has 0 bridgehead atoms. The predicted molar refractivity (Wildman–Crippen MR) is 82.7 cm³/mol. The molecule has 1 unspecified atom stereocenters. The normalized spacial score (nSPS) is 17.9. The van der Waals surface area contributed by atoms with Crippen LogP contribution in [0.3, 0.4) is 0 Å². The van der Waals surface area contributed by atoms with E-state index in [9.17, 15) is 9.59 Å². The quantitative estimate of drug-likeness (QED) is 0.824. The lowest BCUT2D eigenvalue weighted by Gasteiger charge is -2.35. The van der Waals surface area contributed by atoms with E-state index < -0.39 is 11.8 Å². The molecule has 1 heterocycles. The zero-order valence-electron chi connectivity index (χ0n) is 12.7. The summed E-state index contributed by atoms with van der Waals surface area (Å²) in [5.41, 5.74) is 0.551. The Balaban J connectivity index is 1.99. The van der Waals surface area contributed by atoms with Crippen molar-refractivity contribution in [3.05, 3.63) is 24.3 Å². The largest absolute Gasteiger partial charge is 0.497 e. The summed E-state index contributed by atoms with van der Waals surface area (Å²) in [6.45, 7) is 0.591. The summed E-state index contributed by atoms with van der Waals surface area (Å²) in [5, 5.41) is 11.7. The van der Waals surface area contributed by atoms with Gasteiger partial charge in [0.25, 0.3) is 0 Å². The third-order valence-corrected chi connectivity index (χ3v) is 3.89. The Labute approximate surface area is 130 Å². The van der Waals surface area contributed by atoms with Crippen molar-refractivity contribution in [1.82, 2.24) is 4.90 Å². The molecule has 1 aliphatic heterocycles. The number of rotatable bonds is 4. The summed E-state index contributed by atoms with van der Waals surface area (Å²) < 4.78 is 5.05. The number of piperidine rings is 1. The van der Waals surface area contributed by atoms with E-state index in [0.29, 0.717) is 24.4 Å². The lowest BCUT2D eigenvalue weighted by Crippen LogP contribution is -2.48. The van der Waals surface area contributed by atoms with Crippen LogP contribution in [-0.2, 0) is 9.59 Å². The monoisotopic (exact) mass is 306 g/mol. The van der Waals surface area contributed by atoms with E-state index in [1.165, 1.54) is 0 Å². The maximum atomic E-state index is 12.3. The molecular weight excluding hydrogens is 284 g/mol. The fourth-order valence-electron chi connectivity index (χ4n) is 2.71. The highest BCUT2D eigenvalue weighted by molar-refractivity contribution is 6.39. The number of nitrogens with zero attached hydrogens (tertiary/aromatic N) is 1. The van der Waals surface area contributed by atoms with Gasteiger partial charge < -0.3 is 20.1 Å². The number of hydrogen-bond acceptors (Lipinski definition) is 4. The van der Waals surface area contributed by atoms with E-state index in [4.69, 9.17) is 9.84 Å². The van der Waals surface area contributed by atoms with Gasteiger partial charge >= 0.3 is 11.8 Å². The molecule has 1 aliphatic rings. The number of nitrogens with one attached hydrogen (secondary N) is 1. The number of methoxy groups -OCH3 is 1. The van der Waals surface area contributed by atoms with E-state index in [1.807, 2.05) is 0 Å². The first-order valence-electron chi connectivity index (χ1n) is 7.52. The Hall–Kier alpha value is -2.08. The Kier molecular flexibility index (Phi) is 5.77. The second kappa shape index (κ2) is 7.79. The first-order valence-corrected chi connectivity index (χ1v) is 7.52. The summed E-state index contributed by atoms with van der Waals surface area (Å²) >= 11 is 0. The van der Waals surface area contributed by atoms with E-state index in [1.54, 1.807) is 36.3 Å². The highest BCUT2D eigenvalue weighted by atomic mass is 16.5. The second-order valence-electron chi connectivity index (χ2n) is 5.34. The summed E-state index contributed by atoms with van der Waals surface area (Å²) in [6.07, 6.45) is 3.27. The van der Waals surface area contributed by atoms with Gasteiger partial charge in [-0.25, -0.2) is 0 Å². The highest BCUT2D eigenvalue weighted by Gasteiger charge is 2.30. The number of aliphatic hydroxyl groups excluding tert-OH is 1. The van der Waals surface area contributed by atoms with Crippen molar-refractivity contribution in [3.8, 4) is 5.75 Å². The third kappa shape index (κ3) is 3.98. The van der Waals surface area contributed by atoms with Gasteiger partial charge in [-0.3, -0.25) is 9.59 Å². The van der Waals surface area contributed by atoms with Crippen LogP contribution in [0.15, 0.2) is 24.3 Å². The van der Waals surface area contributed by atoms with Crippen LogP contribution in [0.2, 0.25) is 0 Å². The van der Waals surface area contributed by atoms with Crippen molar-refractivity contribution >= 4 is 17.5 Å². The van der Waals surface area contributed by atoms with Crippen molar-refractivity contribution in [2.24, 2.45) is 0 Å². The van der Waals surface area contributed by atoms with Crippen LogP contribution in [0.1, 0.15) is 25.7 Å². The molecule has 1 aromatic rings. The number of aliphatic hydroxyl groups is 1. The molecule has 0 saturated carbocycles. The van der Waals surface area contributed by atoms with Crippen LogP contribution in [0.4, 0.5) is 5.69 Å². The third-order valence-electron chi connectivity index (χ3n) is 3.89. The van der Waals surface area contributed by atoms with Crippen LogP contribution < -0.4 is 10.1 Å². The predicted octanol–water partition coefficient (Wildman–Crippen LogP) is 1.40. The van der Waals surface area contributed by atoms with E-state index in [-0.39, 0.29) is 12.6 Å². The molecular formula is C16H22N2O4. The van der Waals surface area contributed by atoms with Crippen LogP contribution in [0.25, 0.3) is 0 Å². The van der Waals surface area contributed by atoms with Crippen molar-refractivity contribution in [2.75, 3.05) is 25.6 Å². The number of benzene rings is 1. The molecule has 120 valence electrons. The lowest BCUT2D eigenvalue weighted by atomic mass is 9.99. The molecule has 1 atom stereocenters. The van der Waals surface area contributed by atoms with Crippen molar-refractivity contribution in [2.45, 2.75) is 31.7 Å². The summed E-state index contributed by atoms with van der Waals surface area (Å²) in [7, 11) is 1.56. The van der Waals surface area contributed by atoms with E-state index in [2.05, 4.69) is 5.32 Å². The molecule has 2 amide bonds. The molecule has 1 fully saturated rings. The molecule has 2 rings (SSSR count). The van der Waals surface area contributed by atoms with Crippen LogP contribution in [0, 0.1) is 0 Å². The second-order valence-corrected chi connectivity index (χ2v) is 5.34. The van der Waals surface area contributed by atoms with Gasteiger partial charge in [-0.15, -0.1) is 0 Å². The minimum Gasteiger partial charge on any atom is -0.497 e. The molecule has 6 nitrogen and oxygen atoms in total. The maximum absolute atomic E-state index is 12.3. The average molecular weight is 306 g/mol. The molecule has 1 aromatic carbocycles. The van der Waals surface area contributed by atoms with Gasteiger partial charge in [-0.2, -0.15) is 0 Å². The number of hydrogen-bond donors (Lipinski definition) is 2. The molecule has 22 heavy (non-hydrogen) atoms. The number of anilines is 1. The maximum Gasteiger partial charge on any atom is 0.313 e. The molecule has 0 aromatic heterocycles. The Morgan fingerprint density at radius 2 is 2.05 bits per heavy atom. The molecule has 1 saturated heterocycles. The average Bonchev–Trinajstić information content (AvgIpc) is 2.55. The fourth-order valence-corrected chi connectivity index (χ4v) is 2.71. The van der Waals surface area contributed by atoms with Crippen molar-refractivity contribution < 1.29 is 19.4 Å². The summed E-state index contributed by atoms with van der Waals surface area (Å²) in [4.78, 5) is 26.0. The van der Waals surface area contributed by atoms with Gasteiger partial charge in [0.2, 0.25) is 0 Å². The SMILES string of the molecule is COc1ccc(NC(=O)C(=O)N2CCCCC2CCO)cc1. The van der Waals surface area contributed by atoms with Crippen molar-refractivity contribution in [3.63, 3.8) is 0 Å². The Bertz CT molecular complexity index is 513. The first kappa shape index (κ1) is 16.3. The minimum absolute atomic E-state index is 0.0224. The minimum atomic E-state index is -0.644. The lowest BCUT2D eigenvalue weighted by molar-refractivity contribution is -0.146.